The smallest absolute Gasteiger partial charge is 0.233 e. The van der Waals surface area contributed by atoms with Gasteiger partial charge in [0.25, 0.3) is 0 Å². The van der Waals surface area contributed by atoms with Crippen molar-refractivity contribution in [3.63, 3.8) is 0 Å². The third kappa shape index (κ3) is 4.49. The number of imidazole rings is 1. The molecule has 1 aliphatic heterocycles. The SMILES string of the molecule is OCc1cc2c(cc1OCc1ccccc1)CCNC2c1ccc(Cc2cnc3ncccn23)cc1. The van der Waals surface area contributed by atoms with Crippen LogP contribution in [0.5, 0.6) is 5.75 Å². The van der Waals surface area contributed by atoms with Gasteiger partial charge in [0.1, 0.15) is 12.4 Å². The van der Waals surface area contributed by atoms with Crippen LogP contribution in [0.25, 0.3) is 5.78 Å². The van der Waals surface area contributed by atoms with Gasteiger partial charge in [0.05, 0.1) is 18.8 Å². The van der Waals surface area contributed by atoms with Gasteiger partial charge in [0.2, 0.25) is 5.78 Å². The quantitative estimate of drug-likeness (QED) is 0.359. The van der Waals surface area contributed by atoms with Crippen molar-refractivity contribution >= 4 is 5.78 Å². The van der Waals surface area contributed by atoms with Gasteiger partial charge in [-0.25, -0.2) is 9.97 Å². The molecule has 6 rings (SSSR count). The predicted octanol–water partition coefficient (Wildman–Crippen LogP) is 4.63. The molecule has 0 aliphatic carbocycles. The highest BCUT2D eigenvalue weighted by Crippen LogP contribution is 2.34. The van der Waals surface area contributed by atoms with Crippen molar-refractivity contribution in [2.75, 3.05) is 6.54 Å². The van der Waals surface area contributed by atoms with Crippen LogP contribution in [-0.2, 0) is 26.1 Å². The van der Waals surface area contributed by atoms with Crippen LogP contribution in [0.15, 0.2) is 91.4 Å². The zero-order chi connectivity index (χ0) is 24.3. The number of hydrogen-bond donors (Lipinski definition) is 2. The maximum atomic E-state index is 10.1. The minimum Gasteiger partial charge on any atom is -0.489 e. The minimum atomic E-state index is -0.0583. The summed E-state index contributed by atoms with van der Waals surface area (Å²) in [5.41, 5.74) is 7.94. The van der Waals surface area contributed by atoms with Gasteiger partial charge in [-0.05, 0) is 52.4 Å². The maximum Gasteiger partial charge on any atom is 0.233 e. The van der Waals surface area contributed by atoms with Crippen LogP contribution in [0.2, 0.25) is 0 Å². The molecule has 2 N–H and O–H groups in total. The van der Waals surface area contributed by atoms with Crippen molar-refractivity contribution in [2.24, 2.45) is 0 Å². The Bertz CT molecular complexity index is 1480. The Morgan fingerprint density at radius 1 is 0.972 bits per heavy atom. The lowest BCUT2D eigenvalue weighted by Gasteiger charge is -2.29. The van der Waals surface area contributed by atoms with E-state index >= 15 is 0 Å². The van der Waals surface area contributed by atoms with E-state index in [0.29, 0.717) is 6.61 Å². The first-order chi connectivity index (χ1) is 17.8. The number of benzene rings is 3. The molecule has 0 saturated heterocycles. The Balaban J connectivity index is 1.23. The zero-order valence-electron chi connectivity index (χ0n) is 20.0. The molecule has 1 aliphatic rings. The first-order valence-corrected chi connectivity index (χ1v) is 12.3. The van der Waals surface area contributed by atoms with Crippen LogP contribution >= 0.6 is 0 Å². The summed E-state index contributed by atoms with van der Waals surface area (Å²) in [5, 5.41) is 13.8. The van der Waals surface area contributed by atoms with Gasteiger partial charge >= 0.3 is 0 Å². The molecule has 6 nitrogen and oxygen atoms in total. The van der Waals surface area contributed by atoms with Gasteiger partial charge in [-0.2, -0.15) is 0 Å². The van der Waals surface area contributed by atoms with Gasteiger partial charge in [0, 0.05) is 36.6 Å². The number of aromatic nitrogens is 3. The molecule has 3 aromatic carbocycles. The molecule has 5 aromatic rings. The summed E-state index contributed by atoms with van der Waals surface area (Å²) in [5.74, 6) is 1.48. The molecule has 36 heavy (non-hydrogen) atoms. The summed E-state index contributed by atoms with van der Waals surface area (Å²) in [7, 11) is 0. The van der Waals surface area contributed by atoms with Gasteiger partial charge in [-0.3, -0.25) is 4.40 Å². The molecular weight excluding hydrogens is 448 g/mol. The number of hydrogen-bond acceptors (Lipinski definition) is 5. The molecule has 1 unspecified atom stereocenters. The van der Waals surface area contributed by atoms with E-state index in [1.807, 2.05) is 53.2 Å². The summed E-state index contributed by atoms with van der Waals surface area (Å²) in [6, 6.07) is 25.1. The fourth-order valence-electron chi connectivity index (χ4n) is 4.97. The van der Waals surface area contributed by atoms with Crippen LogP contribution in [0, 0.1) is 0 Å². The van der Waals surface area contributed by atoms with E-state index in [4.69, 9.17) is 4.74 Å². The van der Waals surface area contributed by atoms with Gasteiger partial charge < -0.3 is 15.2 Å². The van der Waals surface area contributed by atoms with Crippen LogP contribution in [-0.4, -0.2) is 26.0 Å². The molecule has 1 atom stereocenters. The first kappa shape index (κ1) is 22.5. The van der Waals surface area contributed by atoms with E-state index in [1.54, 1.807) is 6.20 Å². The van der Waals surface area contributed by atoms with Crippen LogP contribution in [0.1, 0.15) is 45.1 Å². The molecular formula is C30H28N4O2. The third-order valence-electron chi connectivity index (χ3n) is 6.85. The lowest BCUT2D eigenvalue weighted by Crippen LogP contribution is -2.30. The van der Waals surface area contributed by atoms with Crippen molar-refractivity contribution in [2.45, 2.75) is 32.1 Å². The molecule has 3 heterocycles. The standard InChI is InChI=1S/C30H28N4O2/c35-19-25-16-27-24(17-28(25)36-20-22-5-2-1-3-6-22)11-13-31-29(27)23-9-7-21(8-10-23)15-26-18-33-30-32-12-4-14-34(26)30/h1-10,12,14,16-18,29,31,35H,11,13,15,19-20H2. The third-order valence-corrected chi connectivity index (χ3v) is 6.85. The molecule has 0 saturated carbocycles. The van der Waals surface area contributed by atoms with Gasteiger partial charge in [-0.1, -0.05) is 54.6 Å². The fraction of sp³-hybridized carbons (Fsp3) is 0.200. The molecule has 0 amide bonds. The number of ether oxygens (including phenoxy) is 1. The molecule has 0 radical (unpaired) electrons. The molecule has 0 spiro atoms. The second kappa shape index (κ2) is 9.93. The summed E-state index contributed by atoms with van der Waals surface area (Å²) in [4.78, 5) is 8.70. The Hall–Kier alpha value is -4.00. The van der Waals surface area contributed by atoms with E-state index < -0.39 is 0 Å². The predicted molar refractivity (Wildman–Crippen MR) is 139 cm³/mol. The van der Waals surface area contributed by atoms with Crippen molar-refractivity contribution in [3.05, 3.63) is 130 Å². The van der Waals surface area contributed by atoms with Crippen molar-refractivity contribution in [3.8, 4) is 5.75 Å². The van der Waals surface area contributed by atoms with Crippen LogP contribution in [0.3, 0.4) is 0 Å². The zero-order valence-corrected chi connectivity index (χ0v) is 20.0. The second-order valence-electron chi connectivity index (χ2n) is 9.19. The molecule has 6 heteroatoms. The Kier molecular flexibility index (Phi) is 6.20. The average molecular weight is 477 g/mol. The highest BCUT2D eigenvalue weighted by molar-refractivity contribution is 5.48. The summed E-state index contributed by atoms with van der Waals surface area (Å²) < 4.78 is 8.15. The highest BCUT2D eigenvalue weighted by atomic mass is 16.5. The number of nitrogens with one attached hydrogen (secondary N) is 1. The van der Waals surface area contributed by atoms with E-state index in [-0.39, 0.29) is 12.6 Å². The number of aliphatic hydroxyl groups is 1. The Morgan fingerprint density at radius 3 is 2.67 bits per heavy atom. The second-order valence-corrected chi connectivity index (χ2v) is 9.19. The maximum absolute atomic E-state index is 10.1. The van der Waals surface area contributed by atoms with Crippen molar-refractivity contribution in [1.82, 2.24) is 19.7 Å². The molecule has 0 bridgehead atoms. The topological polar surface area (TPSA) is 71.7 Å². The number of aliphatic hydroxyl groups excluding tert-OH is 1. The van der Waals surface area contributed by atoms with Gasteiger partial charge in [0.15, 0.2) is 0 Å². The van der Waals surface area contributed by atoms with E-state index in [0.717, 1.165) is 47.7 Å². The van der Waals surface area contributed by atoms with Crippen molar-refractivity contribution < 1.29 is 9.84 Å². The van der Waals surface area contributed by atoms with Crippen molar-refractivity contribution in [1.29, 1.82) is 0 Å². The Morgan fingerprint density at radius 2 is 1.83 bits per heavy atom. The average Bonchev–Trinajstić information content (AvgIpc) is 3.34. The van der Waals surface area contributed by atoms with Gasteiger partial charge in [-0.15, -0.1) is 0 Å². The summed E-state index contributed by atoms with van der Waals surface area (Å²) in [6.07, 6.45) is 7.37. The Labute approximate surface area is 210 Å². The lowest BCUT2D eigenvalue weighted by molar-refractivity contribution is 0.258. The van der Waals surface area contributed by atoms with Crippen LogP contribution in [0.4, 0.5) is 0 Å². The lowest BCUT2D eigenvalue weighted by atomic mass is 9.88. The normalized spacial score (nSPS) is 15.1. The largest absolute Gasteiger partial charge is 0.489 e. The number of fused-ring (bicyclic) bond motifs is 2. The first-order valence-electron chi connectivity index (χ1n) is 12.3. The molecule has 0 fully saturated rings. The number of rotatable bonds is 7. The van der Waals surface area contributed by atoms with E-state index in [2.05, 4.69) is 51.7 Å². The molecule has 2 aromatic heterocycles. The minimum absolute atomic E-state index is 0.0583. The molecule has 180 valence electrons. The monoisotopic (exact) mass is 476 g/mol. The summed E-state index contributed by atoms with van der Waals surface area (Å²) in [6.45, 7) is 1.32. The highest BCUT2D eigenvalue weighted by Gasteiger charge is 2.23. The summed E-state index contributed by atoms with van der Waals surface area (Å²) >= 11 is 0. The van der Waals surface area contributed by atoms with E-state index in [1.165, 1.54) is 22.3 Å². The number of nitrogens with zero attached hydrogens (tertiary/aromatic N) is 3. The van der Waals surface area contributed by atoms with E-state index in [9.17, 15) is 5.11 Å². The fourth-order valence-corrected chi connectivity index (χ4v) is 4.97. The van der Waals surface area contributed by atoms with Crippen LogP contribution < -0.4 is 10.1 Å².